The normalized spacial score (nSPS) is 24.1. The van der Waals surface area contributed by atoms with Gasteiger partial charge in [-0.15, -0.1) is 0 Å². The van der Waals surface area contributed by atoms with Crippen LogP contribution in [-0.2, 0) is 25.5 Å². The zero-order chi connectivity index (χ0) is 23.8. The smallest absolute Gasteiger partial charge is 0.328 e. The van der Waals surface area contributed by atoms with Crippen molar-refractivity contribution in [2.24, 2.45) is 5.92 Å². The lowest BCUT2D eigenvalue weighted by atomic mass is 9.96. The maximum Gasteiger partial charge on any atom is 0.328 e. The third kappa shape index (κ3) is 6.50. The molecule has 0 aliphatic carbocycles. The Labute approximate surface area is 200 Å². The molecule has 0 radical (unpaired) electrons. The van der Waals surface area contributed by atoms with E-state index in [1.165, 1.54) is 7.11 Å². The van der Waals surface area contributed by atoms with Gasteiger partial charge in [0.1, 0.15) is 6.04 Å². The molecule has 0 bridgehead atoms. The van der Waals surface area contributed by atoms with Gasteiger partial charge < -0.3 is 19.9 Å². The zero-order valence-corrected chi connectivity index (χ0v) is 20.7. The van der Waals surface area contributed by atoms with Crippen molar-refractivity contribution < 1.29 is 19.1 Å². The number of carbonyl (C=O) groups is 3. The lowest BCUT2D eigenvalue weighted by Crippen LogP contribution is -2.54. The van der Waals surface area contributed by atoms with Crippen molar-refractivity contribution >= 4 is 29.5 Å². The summed E-state index contributed by atoms with van der Waals surface area (Å²) >= 11 is 1.63. The van der Waals surface area contributed by atoms with E-state index in [0.717, 1.165) is 50.2 Å². The lowest BCUT2D eigenvalue weighted by molar-refractivity contribution is -0.146. The number of hydrogen-bond donors (Lipinski definition) is 2. The molecule has 9 nitrogen and oxygen atoms in total. The summed E-state index contributed by atoms with van der Waals surface area (Å²) in [5.41, 5.74) is 0.745. The summed E-state index contributed by atoms with van der Waals surface area (Å²) in [5.74, 6) is 0.572. The van der Waals surface area contributed by atoms with E-state index in [4.69, 9.17) is 4.74 Å². The first-order valence-corrected chi connectivity index (χ1v) is 13.3. The minimum absolute atomic E-state index is 0.0830. The van der Waals surface area contributed by atoms with E-state index >= 15 is 0 Å². The summed E-state index contributed by atoms with van der Waals surface area (Å²) in [6, 6.07) is -0.830. The number of carbonyl (C=O) groups excluding carboxylic acids is 3. The maximum absolute atomic E-state index is 13.4. The van der Waals surface area contributed by atoms with E-state index in [1.807, 2.05) is 11.2 Å². The van der Waals surface area contributed by atoms with Crippen LogP contribution in [0.1, 0.15) is 44.7 Å². The Balaban J connectivity index is 1.66. The molecular weight excluding hydrogens is 442 g/mol. The van der Waals surface area contributed by atoms with Crippen LogP contribution >= 0.6 is 11.8 Å². The number of methoxy groups -OCH3 is 1. The topological polar surface area (TPSA) is 108 Å². The van der Waals surface area contributed by atoms with E-state index in [1.54, 1.807) is 24.3 Å². The molecule has 4 atom stereocenters. The SMILES string of the molecule is CC[C@H]1CCN(C[C@@H]2CCCN2C(=O)Cc2c[nH]cn2)C1C(=O)NC(CCSC)C(=O)OC. The van der Waals surface area contributed by atoms with Crippen LogP contribution in [0.5, 0.6) is 0 Å². The first-order chi connectivity index (χ1) is 16.0. The number of aromatic nitrogens is 2. The van der Waals surface area contributed by atoms with Crippen LogP contribution in [0, 0.1) is 5.92 Å². The van der Waals surface area contributed by atoms with Crippen molar-refractivity contribution in [2.75, 3.05) is 38.8 Å². The number of rotatable bonds is 11. The number of ether oxygens (including phenoxy) is 1. The number of nitrogens with one attached hydrogen (secondary N) is 2. The molecule has 184 valence electrons. The van der Waals surface area contributed by atoms with E-state index in [9.17, 15) is 14.4 Å². The third-order valence-electron chi connectivity index (χ3n) is 6.86. The Kier molecular flexibility index (Phi) is 9.61. The summed E-state index contributed by atoms with van der Waals surface area (Å²) in [7, 11) is 1.35. The standard InChI is InChI=1S/C23H37N5O4S/c1-4-16-7-10-27(21(16)22(30)26-19(8-11-33-3)23(31)32-2)14-18-6-5-9-28(18)20(29)12-17-13-24-15-25-17/h13,15-16,18-19,21H,4-12,14H2,1-3H3,(H,24,25)(H,26,30)/t16-,18-,19?,21?/m0/s1. The average Bonchev–Trinajstić information content (AvgIpc) is 3.57. The minimum atomic E-state index is -0.631. The molecule has 2 aliphatic rings. The van der Waals surface area contributed by atoms with Crippen LogP contribution in [0.3, 0.4) is 0 Å². The molecule has 1 aromatic rings. The molecular formula is C23H37N5O4S. The molecule has 10 heteroatoms. The molecule has 0 aromatic carbocycles. The Morgan fingerprint density at radius 2 is 2.15 bits per heavy atom. The lowest BCUT2D eigenvalue weighted by Gasteiger charge is -2.33. The van der Waals surface area contributed by atoms with Gasteiger partial charge in [-0.2, -0.15) is 11.8 Å². The van der Waals surface area contributed by atoms with E-state index in [0.29, 0.717) is 13.0 Å². The van der Waals surface area contributed by atoms with Gasteiger partial charge in [0.25, 0.3) is 0 Å². The second-order valence-corrected chi connectivity index (χ2v) is 9.87. The molecule has 2 N–H and O–H groups in total. The fourth-order valence-electron chi connectivity index (χ4n) is 5.09. The number of aromatic amines is 1. The number of imidazole rings is 1. The number of esters is 1. The van der Waals surface area contributed by atoms with Crippen LogP contribution < -0.4 is 5.32 Å². The molecule has 2 saturated heterocycles. The van der Waals surface area contributed by atoms with Gasteiger partial charge in [0, 0.05) is 25.3 Å². The van der Waals surface area contributed by atoms with Crippen LogP contribution in [0.15, 0.2) is 12.5 Å². The number of likely N-dealkylation sites (tertiary alicyclic amines) is 2. The molecule has 2 aliphatic heterocycles. The predicted octanol–water partition coefficient (Wildman–Crippen LogP) is 1.45. The van der Waals surface area contributed by atoms with Gasteiger partial charge in [0.15, 0.2) is 0 Å². The van der Waals surface area contributed by atoms with Crippen molar-refractivity contribution in [3.8, 4) is 0 Å². The van der Waals surface area contributed by atoms with Gasteiger partial charge in [0.05, 0.1) is 31.6 Å². The van der Waals surface area contributed by atoms with Crippen molar-refractivity contribution in [3.63, 3.8) is 0 Å². The summed E-state index contributed by atoms with van der Waals surface area (Å²) in [4.78, 5) is 49.7. The molecule has 0 saturated carbocycles. The molecule has 2 unspecified atom stereocenters. The van der Waals surface area contributed by atoms with Crippen molar-refractivity contribution in [3.05, 3.63) is 18.2 Å². The summed E-state index contributed by atoms with van der Waals surface area (Å²) in [5, 5.41) is 2.97. The molecule has 2 fully saturated rings. The highest BCUT2D eigenvalue weighted by molar-refractivity contribution is 7.98. The average molecular weight is 480 g/mol. The van der Waals surface area contributed by atoms with Gasteiger partial charge in [-0.25, -0.2) is 9.78 Å². The number of hydrogen-bond acceptors (Lipinski definition) is 7. The number of nitrogens with zero attached hydrogens (tertiary/aromatic N) is 3. The number of amides is 2. The molecule has 1 aromatic heterocycles. The second kappa shape index (κ2) is 12.4. The monoisotopic (exact) mass is 479 g/mol. The second-order valence-electron chi connectivity index (χ2n) is 8.88. The largest absolute Gasteiger partial charge is 0.467 e. The first-order valence-electron chi connectivity index (χ1n) is 11.9. The van der Waals surface area contributed by atoms with Crippen molar-refractivity contribution in [1.29, 1.82) is 0 Å². The first kappa shape index (κ1) is 25.6. The Bertz CT molecular complexity index is 790. The number of H-pyrrole nitrogens is 1. The summed E-state index contributed by atoms with van der Waals surface area (Å²) < 4.78 is 4.92. The van der Waals surface area contributed by atoms with Crippen molar-refractivity contribution in [2.45, 2.75) is 63.6 Å². The molecule has 0 spiro atoms. The fraction of sp³-hybridized carbons (Fsp3) is 0.739. The highest BCUT2D eigenvalue weighted by Crippen LogP contribution is 2.30. The summed E-state index contributed by atoms with van der Waals surface area (Å²) in [6.45, 7) is 4.35. The highest BCUT2D eigenvalue weighted by Gasteiger charge is 2.42. The van der Waals surface area contributed by atoms with E-state index in [-0.39, 0.29) is 36.2 Å². The van der Waals surface area contributed by atoms with Crippen molar-refractivity contribution in [1.82, 2.24) is 25.1 Å². The van der Waals surface area contributed by atoms with Crippen LogP contribution in [0.2, 0.25) is 0 Å². The van der Waals surface area contributed by atoms with E-state index in [2.05, 4.69) is 27.1 Å². The molecule has 3 heterocycles. The Morgan fingerprint density at radius 1 is 1.33 bits per heavy atom. The minimum Gasteiger partial charge on any atom is -0.467 e. The third-order valence-corrected chi connectivity index (χ3v) is 7.51. The fourth-order valence-corrected chi connectivity index (χ4v) is 5.56. The van der Waals surface area contributed by atoms with E-state index < -0.39 is 12.0 Å². The zero-order valence-electron chi connectivity index (χ0n) is 19.9. The van der Waals surface area contributed by atoms with Gasteiger partial charge in [-0.1, -0.05) is 13.3 Å². The maximum atomic E-state index is 13.4. The molecule has 3 rings (SSSR count). The summed E-state index contributed by atoms with van der Waals surface area (Å²) in [6.07, 6.45) is 9.89. The van der Waals surface area contributed by atoms with Crippen LogP contribution in [0.4, 0.5) is 0 Å². The molecule has 33 heavy (non-hydrogen) atoms. The van der Waals surface area contributed by atoms with Gasteiger partial charge in [-0.3, -0.25) is 14.5 Å². The van der Waals surface area contributed by atoms with Crippen LogP contribution in [0.25, 0.3) is 0 Å². The van der Waals surface area contributed by atoms with Gasteiger partial charge in [0.2, 0.25) is 11.8 Å². The Morgan fingerprint density at radius 3 is 2.82 bits per heavy atom. The van der Waals surface area contributed by atoms with Gasteiger partial charge >= 0.3 is 5.97 Å². The quantitative estimate of drug-likeness (QED) is 0.463. The molecule has 2 amide bonds. The predicted molar refractivity (Wildman–Crippen MR) is 128 cm³/mol. The van der Waals surface area contributed by atoms with Crippen LogP contribution in [-0.4, -0.2) is 94.4 Å². The number of thioether (sulfide) groups is 1. The van der Waals surface area contributed by atoms with Gasteiger partial charge in [-0.05, 0) is 50.2 Å². The highest BCUT2D eigenvalue weighted by atomic mass is 32.2. The Hall–Kier alpha value is -2.07.